The lowest BCUT2D eigenvalue weighted by molar-refractivity contribution is -0.151. The summed E-state index contributed by atoms with van der Waals surface area (Å²) in [4.78, 5) is 25.7. The molecule has 0 spiro atoms. The molecule has 33 heavy (non-hydrogen) atoms. The molecule has 178 valence electrons. The van der Waals surface area contributed by atoms with E-state index in [-0.39, 0.29) is 30.0 Å². The van der Waals surface area contributed by atoms with Gasteiger partial charge in [0.05, 0.1) is 11.0 Å². The van der Waals surface area contributed by atoms with Crippen molar-refractivity contribution in [2.45, 2.75) is 56.2 Å². The zero-order valence-corrected chi connectivity index (χ0v) is 19.2. The van der Waals surface area contributed by atoms with Crippen LogP contribution in [0.4, 0.5) is 4.39 Å². The average Bonchev–Trinajstić information content (AvgIpc) is 3.25. The van der Waals surface area contributed by atoms with Crippen molar-refractivity contribution in [1.29, 1.82) is 0 Å². The topological polar surface area (TPSA) is 113 Å². The maximum atomic E-state index is 13.2. The van der Waals surface area contributed by atoms with Crippen LogP contribution in [-0.4, -0.2) is 54.4 Å². The van der Waals surface area contributed by atoms with Crippen molar-refractivity contribution in [3.05, 3.63) is 59.9 Å². The van der Waals surface area contributed by atoms with E-state index in [1.807, 2.05) is 0 Å². The Morgan fingerprint density at radius 1 is 1.15 bits per heavy atom. The molecule has 10 heteroatoms. The van der Waals surface area contributed by atoms with Crippen molar-refractivity contribution >= 4 is 21.9 Å². The molecule has 1 aliphatic heterocycles. The maximum absolute atomic E-state index is 13.2. The highest BCUT2D eigenvalue weighted by molar-refractivity contribution is 7.89. The Balaban J connectivity index is 1.80. The number of benzene rings is 2. The summed E-state index contributed by atoms with van der Waals surface area (Å²) in [6.45, 7) is 3.51. The van der Waals surface area contributed by atoms with Crippen LogP contribution in [0.3, 0.4) is 0 Å². The highest BCUT2D eigenvalue weighted by Crippen LogP contribution is 2.26. The molecule has 0 unspecified atom stereocenters. The second kappa shape index (κ2) is 10.3. The van der Waals surface area contributed by atoms with Crippen LogP contribution in [0.1, 0.15) is 32.3 Å². The van der Waals surface area contributed by atoms with Crippen molar-refractivity contribution in [2.75, 3.05) is 6.54 Å². The lowest BCUT2D eigenvalue weighted by Gasteiger charge is -2.26. The first kappa shape index (κ1) is 24.7. The molecule has 1 amide bonds. The quantitative estimate of drug-likeness (QED) is 0.564. The van der Waals surface area contributed by atoms with Gasteiger partial charge in [-0.3, -0.25) is 4.79 Å². The number of carbonyl (C=O) groups excluding carboxylic acids is 2. The molecule has 8 nitrogen and oxygen atoms in total. The van der Waals surface area contributed by atoms with Crippen molar-refractivity contribution in [3.63, 3.8) is 0 Å². The van der Waals surface area contributed by atoms with Gasteiger partial charge in [-0.15, -0.1) is 0 Å². The van der Waals surface area contributed by atoms with E-state index >= 15 is 0 Å². The monoisotopic (exact) mass is 478 g/mol. The molecule has 1 heterocycles. The SMILES string of the molecule is CC(C)OC(=O)[C@H](Cc1ccc(O)cc1)NC(=O)[C@@H]1CCCN1S(=O)(=O)c1ccc(F)cc1. The molecule has 0 aromatic heterocycles. The molecule has 0 radical (unpaired) electrons. The van der Waals surface area contributed by atoms with E-state index in [2.05, 4.69) is 5.32 Å². The summed E-state index contributed by atoms with van der Waals surface area (Å²) in [6.07, 6.45) is 0.461. The van der Waals surface area contributed by atoms with Gasteiger partial charge in [0.25, 0.3) is 0 Å². The van der Waals surface area contributed by atoms with E-state index in [1.54, 1.807) is 26.0 Å². The Labute approximate surface area is 192 Å². The van der Waals surface area contributed by atoms with Crippen molar-refractivity contribution in [2.24, 2.45) is 0 Å². The molecule has 0 aliphatic carbocycles. The molecule has 0 saturated carbocycles. The number of amides is 1. The number of aromatic hydroxyl groups is 1. The smallest absolute Gasteiger partial charge is 0.329 e. The zero-order valence-electron chi connectivity index (χ0n) is 18.4. The molecule has 3 rings (SSSR count). The lowest BCUT2D eigenvalue weighted by Crippen LogP contribution is -2.52. The second-order valence-corrected chi connectivity index (χ2v) is 10.0. The van der Waals surface area contributed by atoms with E-state index in [9.17, 15) is 27.5 Å². The number of hydrogen-bond acceptors (Lipinski definition) is 6. The fourth-order valence-corrected chi connectivity index (χ4v) is 5.33. The van der Waals surface area contributed by atoms with Gasteiger partial charge in [0.15, 0.2) is 0 Å². The third-order valence-electron chi connectivity index (χ3n) is 5.26. The number of rotatable bonds is 8. The number of phenolic OH excluding ortho intramolecular Hbond substituents is 1. The Kier molecular flexibility index (Phi) is 7.70. The second-order valence-electron chi connectivity index (χ2n) is 8.15. The van der Waals surface area contributed by atoms with E-state index in [0.29, 0.717) is 12.0 Å². The highest BCUT2D eigenvalue weighted by atomic mass is 32.2. The fraction of sp³-hybridized carbons (Fsp3) is 0.391. The lowest BCUT2D eigenvalue weighted by atomic mass is 10.0. The van der Waals surface area contributed by atoms with Gasteiger partial charge in [0, 0.05) is 13.0 Å². The predicted molar refractivity (Wildman–Crippen MR) is 118 cm³/mol. The summed E-state index contributed by atoms with van der Waals surface area (Å²) in [5.41, 5.74) is 0.681. The van der Waals surface area contributed by atoms with E-state index in [4.69, 9.17) is 4.74 Å². The summed E-state index contributed by atoms with van der Waals surface area (Å²) < 4.78 is 45.7. The van der Waals surface area contributed by atoms with Gasteiger partial charge in [-0.2, -0.15) is 4.31 Å². The Bertz CT molecular complexity index is 1090. The minimum Gasteiger partial charge on any atom is -0.508 e. The summed E-state index contributed by atoms with van der Waals surface area (Å²) in [5.74, 6) is -1.75. The van der Waals surface area contributed by atoms with Gasteiger partial charge in [-0.05, 0) is 68.7 Å². The predicted octanol–water partition coefficient (Wildman–Crippen LogP) is 2.36. The van der Waals surface area contributed by atoms with Crippen molar-refractivity contribution < 1.29 is 32.2 Å². The van der Waals surface area contributed by atoms with Crippen molar-refractivity contribution in [3.8, 4) is 5.75 Å². The first-order chi connectivity index (χ1) is 15.6. The van der Waals surface area contributed by atoms with Gasteiger partial charge in [-0.1, -0.05) is 12.1 Å². The summed E-state index contributed by atoms with van der Waals surface area (Å²) in [5, 5.41) is 12.1. The van der Waals surface area contributed by atoms with Crippen molar-refractivity contribution in [1.82, 2.24) is 9.62 Å². The minimum atomic E-state index is -4.03. The summed E-state index contributed by atoms with van der Waals surface area (Å²) in [6, 6.07) is 8.55. The standard InChI is InChI=1S/C23H27FN2O6S/c1-15(2)32-23(29)20(14-16-5-9-18(27)10-6-16)25-22(28)21-4-3-13-26(21)33(30,31)19-11-7-17(24)8-12-19/h5-12,15,20-21,27H,3-4,13-14H2,1-2H3,(H,25,28)/t20-,21-/m0/s1. The van der Waals surface area contributed by atoms with Gasteiger partial charge >= 0.3 is 5.97 Å². The molecular formula is C23H27FN2O6S. The number of hydrogen-bond donors (Lipinski definition) is 2. The van der Waals surface area contributed by atoms with Crippen LogP contribution < -0.4 is 5.32 Å². The van der Waals surface area contributed by atoms with Crippen LogP contribution in [0.5, 0.6) is 5.75 Å². The van der Waals surface area contributed by atoms with E-state index < -0.39 is 45.9 Å². The Morgan fingerprint density at radius 3 is 2.39 bits per heavy atom. The average molecular weight is 479 g/mol. The van der Waals surface area contributed by atoms with Gasteiger partial charge in [-0.25, -0.2) is 17.6 Å². The molecular weight excluding hydrogens is 451 g/mol. The van der Waals surface area contributed by atoms with E-state index in [0.717, 1.165) is 28.6 Å². The minimum absolute atomic E-state index is 0.0664. The summed E-state index contributed by atoms with van der Waals surface area (Å²) in [7, 11) is -4.03. The van der Waals surface area contributed by atoms with Crippen LogP contribution in [-0.2, 0) is 30.8 Å². The number of carbonyl (C=O) groups is 2. The first-order valence-corrected chi connectivity index (χ1v) is 12.1. The first-order valence-electron chi connectivity index (χ1n) is 10.6. The number of nitrogens with one attached hydrogen (secondary N) is 1. The highest BCUT2D eigenvalue weighted by Gasteiger charge is 2.40. The molecule has 2 aromatic rings. The molecule has 1 aliphatic rings. The number of esters is 1. The zero-order chi connectivity index (χ0) is 24.2. The Hall–Kier alpha value is -2.98. The number of sulfonamides is 1. The van der Waals surface area contributed by atoms with Crippen LogP contribution in [0.25, 0.3) is 0 Å². The number of phenols is 1. The van der Waals surface area contributed by atoms with Gasteiger partial charge in [0.2, 0.25) is 15.9 Å². The molecule has 0 bridgehead atoms. The number of ether oxygens (including phenoxy) is 1. The van der Waals surface area contributed by atoms with Gasteiger partial charge in [0.1, 0.15) is 23.7 Å². The van der Waals surface area contributed by atoms with Crippen LogP contribution >= 0.6 is 0 Å². The fourth-order valence-electron chi connectivity index (χ4n) is 3.68. The van der Waals surface area contributed by atoms with Crippen LogP contribution in [0.2, 0.25) is 0 Å². The third kappa shape index (κ3) is 6.08. The third-order valence-corrected chi connectivity index (χ3v) is 7.18. The van der Waals surface area contributed by atoms with Gasteiger partial charge < -0.3 is 15.2 Å². The molecule has 2 atom stereocenters. The molecule has 2 aromatic carbocycles. The van der Waals surface area contributed by atoms with Crippen LogP contribution in [0, 0.1) is 5.82 Å². The van der Waals surface area contributed by atoms with E-state index in [1.165, 1.54) is 12.1 Å². The number of nitrogens with zero attached hydrogens (tertiary/aromatic N) is 1. The number of halogens is 1. The maximum Gasteiger partial charge on any atom is 0.329 e. The Morgan fingerprint density at radius 2 is 1.79 bits per heavy atom. The largest absolute Gasteiger partial charge is 0.508 e. The molecule has 2 N–H and O–H groups in total. The van der Waals surface area contributed by atoms with Crippen LogP contribution in [0.15, 0.2) is 53.4 Å². The molecule has 1 saturated heterocycles. The normalized spacial score (nSPS) is 17.6. The molecule has 1 fully saturated rings. The summed E-state index contributed by atoms with van der Waals surface area (Å²) >= 11 is 0.